The maximum absolute atomic E-state index is 13.9. The van der Waals surface area contributed by atoms with Crippen LogP contribution in [0.2, 0.25) is 0 Å². The summed E-state index contributed by atoms with van der Waals surface area (Å²) >= 11 is 6.08. The molecule has 5 aromatic rings. The lowest BCUT2D eigenvalue weighted by Crippen LogP contribution is -2.22. The number of carbonyl (C=O) groups is 1. The maximum Gasteiger partial charge on any atom is 0.268 e. The molecule has 5 rings (SSSR count). The van der Waals surface area contributed by atoms with Crippen LogP contribution in [0, 0.1) is 6.92 Å². The molecular formula is C27H20BrN3O2S2. The first-order valence-corrected chi connectivity index (χ1v) is 13.5. The monoisotopic (exact) mass is 561 g/mol. The van der Waals surface area contributed by atoms with Gasteiger partial charge in [-0.3, -0.25) is 14.2 Å². The van der Waals surface area contributed by atoms with Crippen LogP contribution in [0.25, 0.3) is 27.0 Å². The summed E-state index contributed by atoms with van der Waals surface area (Å²) in [6.07, 6.45) is 0. The molecule has 3 aromatic carbocycles. The minimum absolute atomic E-state index is 0.122. The van der Waals surface area contributed by atoms with E-state index >= 15 is 0 Å². The first-order chi connectivity index (χ1) is 17.0. The van der Waals surface area contributed by atoms with Crippen molar-refractivity contribution in [3.63, 3.8) is 0 Å². The van der Waals surface area contributed by atoms with Gasteiger partial charge >= 0.3 is 0 Å². The lowest BCUT2D eigenvalue weighted by atomic mass is 10.1. The molecule has 2 aromatic heterocycles. The zero-order chi connectivity index (χ0) is 24.4. The Bertz CT molecular complexity index is 1560. The van der Waals surface area contributed by atoms with Gasteiger partial charge in [0, 0.05) is 21.1 Å². The molecule has 0 aliphatic carbocycles. The van der Waals surface area contributed by atoms with E-state index in [0.717, 1.165) is 21.2 Å². The van der Waals surface area contributed by atoms with Gasteiger partial charge in [0.1, 0.15) is 4.83 Å². The van der Waals surface area contributed by atoms with Crippen molar-refractivity contribution in [1.82, 2.24) is 9.55 Å². The molecular weight excluding hydrogens is 542 g/mol. The van der Waals surface area contributed by atoms with Gasteiger partial charge in [0.25, 0.3) is 5.56 Å². The summed E-state index contributed by atoms with van der Waals surface area (Å²) in [6.45, 7) is 2.04. The Labute approximate surface area is 219 Å². The van der Waals surface area contributed by atoms with Crippen molar-refractivity contribution in [2.45, 2.75) is 12.1 Å². The number of aromatic nitrogens is 2. The molecule has 0 spiro atoms. The van der Waals surface area contributed by atoms with Crippen LogP contribution in [0.15, 0.2) is 98.7 Å². The minimum Gasteiger partial charge on any atom is -0.325 e. The number of nitrogens with zero attached hydrogens (tertiary/aromatic N) is 2. The van der Waals surface area contributed by atoms with E-state index in [9.17, 15) is 9.59 Å². The summed E-state index contributed by atoms with van der Waals surface area (Å²) in [7, 11) is 0. The second-order valence-electron chi connectivity index (χ2n) is 7.91. The van der Waals surface area contributed by atoms with Gasteiger partial charge < -0.3 is 5.32 Å². The standard InChI is InChI=1S/C27H20BrN3O2S2/c1-17-7-9-18(10-8-17)22-15-34-25-24(22)26(33)31(21-5-3-2-4-6-21)27(30-25)35-16-23(32)29-20-13-11-19(28)12-14-20/h2-15H,16H2,1H3,(H,29,32). The van der Waals surface area contributed by atoms with E-state index in [0.29, 0.717) is 26.7 Å². The van der Waals surface area contributed by atoms with Crippen LogP contribution in [0.4, 0.5) is 5.69 Å². The minimum atomic E-state index is -0.169. The SMILES string of the molecule is Cc1ccc(-c2csc3nc(SCC(=O)Nc4ccc(Br)cc4)n(-c4ccccc4)c(=O)c23)cc1. The van der Waals surface area contributed by atoms with Crippen molar-refractivity contribution >= 4 is 60.8 Å². The molecule has 0 aliphatic rings. The number of anilines is 1. The number of halogens is 1. The average molecular weight is 563 g/mol. The predicted molar refractivity (Wildman–Crippen MR) is 149 cm³/mol. The summed E-state index contributed by atoms with van der Waals surface area (Å²) in [5.41, 5.74) is 4.29. The number of rotatable bonds is 6. The Morgan fingerprint density at radius 2 is 1.74 bits per heavy atom. The van der Waals surface area contributed by atoms with E-state index in [1.807, 2.05) is 91.2 Å². The number of nitrogens with one attached hydrogen (secondary N) is 1. The summed E-state index contributed by atoms with van der Waals surface area (Å²) in [5, 5.41) is 5.94. The maximum atomic E-state index is 13.9. The summed E-state index contributed by atoms with van der Waals surface area (Å²) < 4.78 is 2.54. The zero-order valence-corrected chi connectivity index (χ0v) is 21.9. The molecule has 0 aliphatic heterocycles. The quantitative estimate of drug-likeness (QED) is 0.180. The van der Waals surface area contributed by atoms with E-state index in [2.05, 4.69) is 21.2 Å². The lowest BCUT2D eigenvalue weighted by Gasteiger charge is -2.13. The number of para-hydroxylation sites is 1. The second kappa shape index (κ2) is 10.2. The highest BCUT2D eigenvalue weighted by molar-refractivity contribution is 9.10. The van der Waals surface area contributed by atoms with Crippen LogP contribution in [0.1, 0.15) is 5.56 Å². The van der Waals surface area contributed by atoms with Gasteiger partial charge in [-0.25, -0.2) is 4.98 Å². The Kier molecular flexibility index (Phi) is 6.86. The van der Waals surface area contributed by atoms with Crippen LogP contribution in [0.3, 0.4) is 0 Å². The van der Waals surface area contributed by atoms with Crippen LogP contribution >= 0.6 is 39.0 Å². The molecule has 0 saturated carbocycles. The number of amides is 1. The zero-order valence-electron chi connectivity index (χ0n) is 18.7. The number of aryl methyl sites for hydroxylation is 1. The fourth-order valence-electron chi connectivity index (χ4n) is 3.68. The van der Waals surface area contributed by atoms with E-state index in [1.54, 1.807) is 4.57 Å². The highest BCUT2D eigenvalue weighted by Crippen LogP contribution is 2.33. The summed E-state index contributed by atoms with van der Waals surface area (Å²) in [4.78, 5) is 32.0. The third kappa shape index (κ3) is 5.10. The highest BCUT2D eigenvalue weighted by Gasteiger charge is 2.19. The number of fused-ring (bicyclic) bond motifs is 1. The van der Waals surface area contributed by atoms with Crippen molar-refractivity contribution in [3.05, 3.63) is 105 Å². The Morgan fingerprint density at radius 1 is 1.03 bits per heavy atom. The molecule has 2 heterocycles. The van der Waals surface area contributed by atoms with E-state index in [1.165, 1.54) is 23.1 Å². The molecule has 0 fully saturated rings. The van der Waals surface area contributed by atoms with Gasteiger partial charge in [0.05, 0.1) is 16.8 Å². The van der Waals surface area contributed by atoms with E-state index < -0.39 is 0 Å². The van der Waals surface area contributed by atoms with Crippen molar-refractivity contribution < 1.29 is 4.79 Å². The largest absolute Gasteiger partial charge is 0.325 e. The van der Waals surface area contributed by atoms with Crippen LogP contribution in [0.5, 0.6) is 0 Å². The molecule has 35 heavy (non-hydrogen) atoms. The smallest absolute Gasteiger partial charge is 0.268 e. The number of thioether (sulfide) groups is 1. The van der Waals surface area contributed by atoms with Gasteiger partial charge in [-0.2, -0.15) is 0 Å². The summed E-state index contributed by atoms with van der Waals surface area (Å²) in [6, 6.07) is 24.9. The number of hydrogen-bond donors (Lipinski definition) is 1. The number of carbonyl (C=O) groups excluding carboxylic acids is 1. The molecule has 1 amide bonds. The Hall–Kier alpha value is -3.20. The molecule has 0 radical (unpaired) electrons. The van der Waals surface area contributed by atoms with Gasteiger partial charge in [0.15, 0.2) is 5.16 Å². The normalized spacial score (nSPS) is 11.0. The van der Waals surface area contributed by atoms with Crippen molar-refractivity contribution in [2.75, 3.05) is 11.1 Å². The first-order valence-electron chi connectivity index (χ1n) is 10.8. The van der Waals surface area contributed by atoms with Gasteiger partial charge in [-0.1, -0.05) is 75.7 Å². The molecule has 1 N–H and O–H groups in total. The van der Waals surface area contributed by atoms with E-state index in [-0.39, 0.29) is 17.2 Å². The Balaban J connectivity index is 1.53. The molecule has 174 valence electrons. The fraction of sp³-hybridized carbons (Fsp3) is 0.0741. The fourth-order valence-corrected chi connectivity index (χ4v) is 5.75. The first kappa shape index (κ1) is 23.5. The van der Waals surface area contributed by atoms with Crippen LogP contribution < -0.4 is 10.9 Å². The van der Waals surface area contributed by atoms with Crippen molar-refractivity contribution in [2.24, 2.45) is 0 Å². The third-order valence-electron chi connectivity index (χ3n) is 5.41. The molecule has 0 atom stereocenters. The van der Waals surface area contributed by atoms with Crippen molar-refractivity contribution in [1.29, 1.82) is 0 Å². The lowest BCUT2D eigenvalue weighted by molar-refractivity contribution is -0.113. The molecule has 5 nitrogen and oxygen atoms in total. The molecule has 0 saturated heterocycles. The second-order valence-corrected chi connectivity index (χ2v) is 10.6. The topological polar surface area (TPSA) is 64.0 Å². The Morgan fingerprint density at radius 3 is 2.46 bits per heavy atom. The third-order valence-corrected chi connectivity index (χ3v) is 7.75. The molecule has 8 heteroatoms. The molecule has 0 bridgehead atoms. The number of benzene rings is 3. The van der Waals surface area contributed by atoms with Gasteiger partial charge in [-0.05, 0) is 48.9 Å². The number of hydrogen-bond acceptors (Lipinski definition) is 5. The average Bonchev–Trinajstić information content (AvgIpc) is 3.29. The molecule has 0 unspecified atom stereocenters. The van der Waals surface area contributed by atoms with Crippen LogP contribution in [-0.4, -0.2) is 21.2 Å². The predicted octanol–water partition coefficient (Wildman–Crippen LogP) is 6.92. The highest BCUT2D eigenvalue weighted by atomic mass is 79.9. The van der Waals surface area contributed by atoms with E-state index in [4.69, 9.17) is 4.98 Å². The number of thiophene rings is 1. The van der Waals surface area contributed by atoms with Crippen molar-refractivity contribution in [3.8, 4) is 16.8 Å². The van der Waals surface area contributed by atoms with Gasteiger partial charge in [-0.15, -0.1) is 11.3 Å². The summed E-state index contributed by atoms with van der Waals surface area (Å²) in [5.74, 6) is -0.0466. The van der Waals surface area contributed by atoms with Crippen LogP contribution in [-0.2, 0) is 4.79 Å². The van der Waals surface area contributed by atoms with Gasteiger partial charge in [0.2, 0.25) is 5.91 Å².